The average Bonchev–Trinajstić information content (AvgIpc) is 3.24. The number of aryl methyl sites for hydroxylation is 2. The number of carbonyl (C=O) groups excluding carboxylic acids is 2. The van der Waals surface area contributed by atoms with Gasteiger partial charge in [0.25, 0.3) is 11.8 Å². The number of aromatic nitrogens is 1. The van der Waals surface area contributed by atoms with Crippen molar-refractivity contribution in [2.75, 3.05) is 26.2 Å². The van der Waals surface area contributed by atoms with Gasteiger partial charge in [-0.1, -0.05) is 17.7 Å². The van der Waals surface area contributed by atoms with Crippen LogP contribution in [0.5, 0.6) is 5.88 Å². The van der Waals surface area contributed by atoms with Crippen LogP contribution in [-0.2, 0) is 0 Å². The van der Waals surface area contributed by atoms with Gasteiger partial charge in [0.05, 0.1) is 6.54 Å². The highest BCUT2D eigenvalue weighted by Gasteiger charge is 2.31. The maximum Gasteiger partial charge on any atom is 0.259 e. The molecule has 0 N–H and O–H groups in total. The molecule has 0 bridgehead atoms. The number of benzene rings is 1. The first-order valence-corrected chi connectivity index (χ1v) is 10.8. The van der Waals surface area contributed by atoms with Crippen molar-refractivity contribution in [3.63, 3.8) is 0 Å². The Hall–Kier alpha value is -2.89. The molecule has 2 saturated heterocycles. The molecule has 2 fully saturated rings. The van der Waals surface area contributed by atoms with Crippen LogP contribution >= 0.6 is 0 Å². The SMILES string of the molecule is Cc1ccc(C)c(C(=O)N2CCC(Oc3ncccc3C(=O)N3CCCCC3)C2)c1. The number of amides is 2. The quantitative estimate of drug-likeness (QED) is 0.777. The van der Waals surface area contributed by atoms with Crippen molar-refractivity contribution in [3.8, 4) is 5.88 Å². The van der Waals surface area contributed by atoms with E-state index >= 15 is 0 Å². The number of hydrogen-bond donors (Lipinski definition) is 0. The standard InChI is InChI=1S/C24H29N3O3/c1-17-8-9-18(2)21(15-17)24(29)27-14-10-19(16-27)30-22-20(7-6-11-25-22)23(28)26-12-4-3-5-13-26/h6-9,11,15,19H,3-5,10,12-14,16H2,1-2H3. The van der Waals surface area contributed by atoms with Crippen LogP contribution in [0, 0.1) is 13.8 Å². The summed E-state index contributed by atoms with van der Waals surface area (Å²) in [5.74, 6) is 0.395. The normalized spacial score (nSPS) is 19.1. The lowest BCUT2D eigenvalue weighted by Gasteiger charge is -2.27. The first-order chi connectivity index (χ1) is 14.5. The van der Waals surface area contributed by atoms with Crippen molar-refractivity contribution in [1.29, 1.82) is 0 Å². The largest absolute Gasteiger partial charge is 0.472 e. The fourth-order valence-electron chi connectivity index (χ4n) is 4.22. The van der Waals surface area contributed by atoms with Gasteiger partial charge in [-0.25, -0.2) is 4.98 Å². The molecule has 2 aliphatic rings. The molecule has 30 heavy (non-hydrogen) atoms. The second kappa shape index (κ2) is 8.86. The number of pyridine rings is 1. The zero-order valence-corrected chi connectivity index (χ0v) is 17.8. The molecule has 2 aromatic rings. The zero-order chi connectivity index (χ0) is 21.1. The summed E-state index contributed by atoms with van der Waals surface area (Å²) in [4.78, 5) is 34.0. The summed E-state index contributed by atoms with van der Waals surface area (Å²) in [6, 6.07) is 9.51. The van der Waals surface area contributed by atoms with Crippen molar-refractivity contribution >= 4 is 11.8 Å². The van der Waals surface area contributed by atoms with E-state index in [4.69, 9.17) is 4.74 Å². The Morgan fingerprint density at radius 3 is 2.53 bits per heavy atom. The lowest BCUT2D eigenvalue weighted by molar-refractivity contribution is 0.0708. The van der Waals surface area contributed by atoms with Crippen LogP contribution < -0.4 is 4.74 Å². The first kappa shape index (κ1) is 20.4. The number of nitrogens with zero attached hydrogens (tertiary/aromatic N) is 3. The predicted octanol–water partition coefficient (Wildman–Crippen LogP) is 3.62. The fraction of sp³-hybridized carbons (Fsp3) is 0.458. The van der Waals surface area contributed by atoms with Crippen molar-refractivity contribution in [2.45, 2.75) is 45.6 Å². The highest BCUT2D eigenvalue weighted by Crippen LogP contribution is 2.24. The van der Waals surface area contributed by atoms with Gasteiger partial charge in [-0.3, -0.25) is 9.59 Å². The van der Waals surface area contributed by atoms with Crippen LogP contribution in [-0.4, -0.2) is 58.9 Å². The summed E-state index contributed by atoms with van der Waals surface area (Å²) in [5, 5.41) is 0. The molecule has 0 aliphatic carbocycles. The Labute approximate surface area is 177 Å². The molecule has 0 radical (unpaired) electrons. The molecule has 6 heteroatoms. The highest BCUT2D eigenvalue weighted by molar-refractivity contribution is 5.97. The topological polar surface area (TPSA) is 62.7 Å². The summed E-state index contributed by atoms with van der Waals surface area (Å²) in [6.45, 7) is 6.67. The molecule has 1 unspecified atom stereocenters. The Kier molecular flexibility index (Phi) is 6.02. The van der Waals surface area contributed by atoms with Crippen molar-refractivity contribution in [2.24, 2.45) is 0 Å². The molecule has 1 atom stereocenters. The second-order valence-corrected chi connectivity index (χ2v) is 8.31. The van der Waals surface area contributed by atoms with Gasteiger partial charge in [0.1, 0.15) is 11.7 Å². The summed E-state index contributed by atoms with van der Waals surface area (Å²) < 4.78 is 6.14. The highest BCUT2D eigenvalue weighted by atomic mass is 16.5. The summed E-state index contributed by atoms with van der Waals surface area (Å²) in [7, 11) is 0. The molecule has 3 heterocycles. The molecular weight excluding hydrogens is 378 g/mol. The summed E-state index contributed by atoms with van der Waals surface area (Å²) >= 11 is 0. The molecular formula is C24H29N3O3. The zero-order valence-electron chi connectivity index (χ0n) is 17.8. The van der Waals surface area contributed by atoms with Crippen LogP contribution in [0.3, 0.4) is 0 Å². The molecule has 6 nitrogen and oxygen atoms in total. The summed E-state index contributed by atoms with van der Waals surface area (Å²) in [6.07, 6.45) is 5.47. The van der Waals surface area contributed by atoms with Gasteiger partial charge in [-0.15, -0.1) is 0 Å². The lowest BCUT2D eigenvalue weighted by atomic mass is 10.0. The number of carbonyl (C=O) groups is 2. The smallest absolute Gasteiger partial charge is 0.259 e. The number of rotatable bonds is 4. The van der Waals surface area contributed by atoms with E-state index in [1.165, 1.54) is 6.42 Å². The number of ether oxygens (including phenoxy) is 1. The van der Waals surface area contributed by atoms with E-state index in [-0.39, 0.29) is 17.9 Å². The minimum absolute atomic E-state index is 0.0147. The Bertz CT molecular complexity index is 937. The maximum absolute atomic E-state index is 13.0. The molecule has 2 amide bonds. The van der Waals surface area contributed by atoms with Gasteiger partial charge in [-0.2, -0.15) is 0 Å². The number of piperidine rings is 1. The average molecular weight is 408 g/mol. The fourth-order valence-corrected chi connectivity index (χ4v) is 4.22. The van der Waals surface area contributed by atoms with Crippen LogP contribution in [0.15, 0.2) is 36.5 Å². The molecule has 1 aromatic carbocycles. The summed E-state index contributed by atoms with van der Waals surface area (Å²) in [5.41, 5.74) is 3.31. The van der Waals surface area contributed by atoms with Gasteiger partial charge >= 0.3 is 0 Å². The van der Waals surface area contributed by atoms with Crippen LogP contribution in [0.25, 0.3) is 0 Å². The van der Waals surface area contributed by atoms with E-state index in [2.05, 4.69) is 4.98 Å². The molecule has 2 aliphatic heterocycles. The van der Waals surface area contributed by atoms with Crippen molar-refractivity contribution in [3.05, 3.63) is 58.8 Å². The van der Waals surface area contributed by atoms with E-state index in [9.17, 15) is 9.59 Å². The molecule has 0 saturated carbocycles. The third-order valence-corrected chi connectivity index (χ3v) is 5.98. The minimum atomic E-state index is -0.165. The van der Waals surface area contributed by atoms with E-state index in [0.717, 1.165) is 49.0 Å². The third kappa shape index (κ3) is 4.32. The molecule has 4 rings (SSSR count). The monoisotopic (exact) mass is 407 g/mol. The minimum Gasteiger partial charge on any atom is -0.472 e. The number of hydrogen-bond acceptors (Lipinski definition) is 4. The van der Waals surface area contributed by atoms with Gasteiger partial charge in [0.2, 0.25) is 5.88 Å². The van der Waals surface area contributed by atoms with Crippen molar-refractivity contribution in [1.82, 2.24) is 14.8 Å². The van der Waals surface area contributed by atoms with E-state index in [0.29, 0.717) is 24.5 Å². The van der Waals surface area contributed by atoms with Gasteiger partial charge in [-0.05, 0) is 56.9 Å². The van der Waals surface area contributed by atoms with E-state index in [1.807, 2.05) is 41.8 Å². The first-order valence-electron chi connectivity index (χ1n) is 10.8. The van der Waals surface area contributed by atoms with Crippen LogP contribution in [0.4, 0.5) is 0 Å². The van der Waals surface area contributed by atoms with Crippen LogP contribution in [0.2, 0.25) is 0 Å². The predicted molar refractivity (Wildman–Crippen MR) is 115 cm³/mol. The Balaban J connectivity index is 1.44. The van der Waals surface area contributed by atoms with E-state index < -0.39 is 0 Å². The Morgan fingerprint density at radius 2 is 1.73 bits per heavy atom. The van der Waals surface area contributed by atoms with E-state index in [1.54, 1.807) is 18.3 Å². The van der Waals surface area contributed by atoms with Crippen LogP contribution in [0.1, 0.15) is 57.5 Å². The van der Waals surface area contributed by atoms with Gasteiger partial charge < -0.3 is 14.5 Å². The lowest BCUT2D eigenvalue weighted by Crippen LogP contribution is -2.36. The van der Waals surface area contributed by atoms with Crippen molar-refractivity contribution < 1.29 is 14.3 Å². The van der Waals surface area contributed by atoms with Gasteiger partial charge in [0, 0.05) is 37.8 Å². The van der Waals surface area contributed by atoms with Gasteiger partial charge in [0.15, 0.2) is 0 Å². The Morgan fingerprint density at radius 1 is 0.967 bits per heavy atom. The molecule has 1 aromatic heterocycles. The maximum atomic E-state index is 13.0. The third-order valence-electron chi connectivity index (χ3n) is 5.98. The second-order valence-electron chi connectivity index (χ2n) is 8.31. The molecule has 0 spiro atoms. The number of likely N-dealkylation sites (tertiary alicyclic amines) is 2. The molecule has 158 valence electrons.